The molecule has 2 aromatic rings. The van der Waals surface area contributed by atoms with Gasteiger partial charge in [0.1, 0.15) is 18.1 Å². The van der Waals surface area contributed by atoms with Crippen LogP contribution in [0.15, 0.2) is 47.4 Å². The van der Waals surface area contributed by atoms with Gasteiger partial charge in [-0.1, -0.05) is 12.7 Å². The van der Waals surface area contributed by atoms with Crippen molar-refractivity contribution in [3.05, 3.63) is 60.1 Å². The summed E-state index contributed by atoms with van der Waals surface area (Å²) in [6.07, 6.45) is 1.65. The van der Waals surface area contributed by atoms with Gasteiger partial charge in [-0.15, -0.1) is 0 Å². The average Bonchev–Trinajstić information content (AvgIpc) is 3.18. The molecule has 3 rings (SSSR count). The fourth-order valence-electron chi connectivity index (χ4n) is 3.30. The van der Waals surface area contributed by atoms with Gasteiger partial charge in [0.2, 0.25) is 0 Å². The van der Waals surface area contributed by atoms with Crippen molar-refractivity contribution in [1.82, 2.24) is 10.2 Å². The molecule has 1 unspecified atom stereocenters. The van der Waals surface area contributed by atoms with Gasteiger partial charge in [-0.3, -0.25) is 9.69 Å². The fraction of sp³-hybridized carbons (Fsp3) is 0.409. The highest BCUT2D eigenvalue weighted by molar-refractivity contribution is 5.94. The van der Waals surface area contributed by atoms with E-state index < -0.39 is 0 Å². The lowest BCUT2D eigenvalue weighted by molar-refractivity contribution is 0.0117. The second-order valence-electron chi connectivity index (χ2n) is 6.79. The summed E-state index contributed by atoms with van der Waals surface area (Å²) in [6, 6.07) is 8.99. The molecule has 1 aliphatic rings. The number of nitrogens with zero attached hydrogens (tertiary/aromatic N) is 1. The summed E-state index contributed by atoms with van der Waals surface area (Å²) in [5, 5.41) is 3.02. The number of morpholine rings is 1. The van der Waals surface area contributed by atoms with Crippen LogP contribution in [0.4, 0.5) is 0 Å². The molecule has 156 valence electrons. The predicted molar refractivity (Wildman–Crippen MR) is 110 cm³/mol. The minimum absolute atomic E-state index is 0.0476. The van der Waals surface area contributed by atoms with Crippen molar-refractivity contribution in [3.8, 4) is 11.5 Å². The highest BCUT2D eigenvalue weighted by atomic mass is 16.5. The first-order valence-corrected chi connectivity index (χ1v) is 9.70. The molecule has 7 heteroatoms. The zero-order chi connectivity index (χ0) is 20.6. The summed E-state index contributed by atoms with van der Waals surface area (Å²) < 4.78 is 22.2. The number of hydrogen-bond donors (Lipinski definition) is 1. The summed E-state index contributed by atoms with van der Waals surface area (Å²) in [5.41, 5.74) is 0.504. The normalized spacial score (nSPS) is 15.5. The highest BCUT2D eigenvalue weighted by Crippen LogP contribution is 2.28. The molecule has 0 bridgehead atoms. The van der Waals surface area contributed by atoms with Gasteiger partial charge in [0.15, 0.2) is 11.5 Å². The number of amides is 1. The van der Waals surface area contributed by atoms with E-state index in [1.165, 1.54) is 0 Å². The molecular formula is C22H28N2O5. The number of ether oxygens (including phenoxy) is 3. The molecule has 1 atom stereocenters. The third-order valence-electron chi connectivity index (χ3n) is 4.81. The van der Waals surface area contributed by atoms with Crippen LogP contribution in [0.25, 0.3) is 0 Å². The first-order chi connectivity index (χ1) is 14.1. The number of benzene rings is 1. The van der Waals surface area contributed by atoms with E-state index in [1.807, 2.05) is 19.1 Å². The quantitative estimate of drug-likeness (QED) is 0.653. The first-order valence-electron chi connectivity index (χ1n) is 9.70. The Labute approximate surface area is 171 Å². The zero-order valence-corrected chi connectivity index (χ0v) is 17.0. The number of aryl methyl sites for hydroxylation is 1. The maximum Gasteiger partial charge on any atom is 0.251 e. The van der Waals surface area contributed by atoms with Gasteiger partial charge < -0.3 is 23.9 Å². The fourth-order valence-corrected chi connectivity index (χ4v) is 3.30. The summed E-state index contributed by atoms with van der Waals surface area (Å²) in [5.74, 6) is 2.59. The minimum Gasteiger partial charge on any atom is -0.493 e. The summed E-state index contributed by atoms with van der Waals surface area (Å²) >= 11 is 0. The number of rotatable bonds is 9. The van der Waals surface area contributed by atoms with E-state index in [2.05, 4.69) is 16.8 Å². The van der Waals surface area contributed by atoms with E-state index in [4.69, 9.17) is 18.6 Å². The van der Waals surface area contributed by atoms with Crippen LogP contribution in [-0.2, 0) is 4.74 Å². The zero-order valence-electron chi connectivity index (χ0n) is 17.0. The molecule has 2 heterocycles. The Morgan fingerprint density at radius 2 is 2.07 bits per heavy atom. The number of methoxy groups -OCH3 is 1. The largest absolute Gasteiger partial charge is 0.493 e. The van der Waals surface area contributed by atoms with Crippen molar-refractivity contribution in [2.75, 3.05) is 46.6 Å². The molecule has 1 saturated heterocycles. The third-order valence-corrected chi connectivity index (χ3v) is 4.81. The predicted octanol–water partition coefficient (Wildman–Crippen LogP) is 2.96. The Morgan fingerprint density at radius 1 is 1.28 bits per heavy atom. The van der Waals surface area contributed by atoms with Gasteiger partial charge in [-0.25, -0.2) is 0 Å². The van der Waals surface area contributed by atoms with Crippen molar-refractivity contribution in [3.63, 3.8) is 0 Å². The monoisotopic (exact) mass is 400 g/mol. The van der Waals surface area contributed by atoms with E-state index in [9.17, 15) is 4.79 Å². The average molecular weight is 400 g/mol. The number of furan rings is 1. The van der Waals surface area contributed by atoms with Gasteiger partial charge in [0.05, 0.1) is 26.4 Å². The van der Waals surface area contributed by atoms with Crippen molar-refractivity contribution >= 4 is 5.91 Å². The van der Waals surface area contributed by atoms with Gasteiger partial charge >= 0.3 is 0 Å². The summed E-state index contributed by atoms with van der Waals surface area (Å²) in [4.78, 5) is 15.0. The third kappa shape index (κ3) is 5.40. The Kier molecular flexibility index (Phi) is 7.32. The van der Waals surface area contributed by atoms with Crippen LogP contribution in [0.2, 0.25) is 0 Å². The standard InChI is InChI=1S/C22H28N2O5/c1-4-11-28-20-8-6-17(14-21(20)26-3)22(25)23-15-18(19-7-5-16(2)29-19)24-9-12-27-13-10-24/h4-8,14,18H,1,9-13,15H2,2-3H3,(H,23,25). The van der Waals surface area contributed by atoms with Crippen molar-refractivity contribution in [1.29, 1.82) is 0 Å². The molecule has 29 heavy (non-hydrogen) atoms. The van der Waals surface area contributed by atoms with Crippen LogP contribution < -0.4 is 14.8 Å². The maximum absolute atomic E-state index is 12.8. The van der Waals surface area contributed by atoms with Crippen LogP contribution in [0.3, 0.4) is 0 Å². The Bertz CT molecular complexity index is 826. The molecule has 0 radical (unpaired) electrons. The lowest BCUT2D eigenvalue weighted by Gasteiger charge is -2.33. The van der Waals surface area contributed by atoms with Gasteiger partial charge in [0, 0.05) is 25.2 Å². The molecule has 1 N–H and O–H groups in total. The Morgan fingerprint density at radius 3 is 2.72 bits per heavy atom. The Balaban J connectivity index is 1.70. The van der Waals surface area contributed by atoms with Gasteiger partial charge in [0.25, 0.3) is 5.91 Å². The molecule has 0 spiro atoms. The van der Waals surface area contributed by atoms with E-state index >= 15 is 0 Å². The molecule has 1 aromatic heterocycles. The lowest BCUT2D eigenvalue weighted by atomic mass is 10.1. The molecule has 0 saturated carbocycles. The Hall–Kier alpha value is -2.77. The van der Waals surface area contributed by atoms with Crippen LogP contribution >= 0.6 is 0 Å². The topological polar surface area (TPSA) is 73.2 Å². The lowest BCUT2D eigenvalue weighted by Crippen LogP contribution is -2.43. The smallest absolute Gasteiger partial charge is 0.251 e. The molecular weight excluding hydrogens is 372 g/mol. The van der Waals surface area contributed by atoms with Crippen molar-refractivity contribution in [2.45, 2.75) is 13.0 Å². The van der Waals surface area contributed by atoms with Crippen LogP contribution in [0, 0.1) is 6.92 Å². The van der Waals surface area contributed by atoms with Crippen LogP contribution in [0.1, 0.15) is 27.9 Å². The second kappa shape index (κ2) is 10.1. The molecule has 1 aromatic carbocycles. The number of carbonyl (C=O) groups excluding carboxylic acids is 1. The molecule has 1 aliphatic heterocycles. The van der Waals surface area contributed by atoms with Crippen molar-refractivity contribution in [2.24, 2.45) is 0 Å². The van der Waals surface area contributed by atoms with Crippen LogP contribution in [-0.4, -0.2) is 57.4 Å². The molecule has 1 fully saturated rings. The van der Waals surface area contributed by atoms with E-state index in [1.54, 1.807) is 31.4 Å². The molecule has 0 aliphatic carbocycles. The first kappa shape index (κ1) is 21.0. The molecule has 7 nitrogen and oxygen atoms in total. The van der Waals surface area contributed by atoms with Crippen LogP contribution in [0.5, 0.6) is 11.5 Å². The van der Waals surface area contributed by atoms with E-state index in [0.29, 0.717) is 43.4 Å². The second-order valence-corrected chi connectivity index (χ2v) is 6.79. The number of hydrogen-bond acceptors (Lipinski definition) is 6. The summed E-state index contributed by atoms with van der Waals surface area (Å²) in [6.45, 7) is 9.29. The highest BCUT2D eigenvalue weighted by Gasteiger charge is 2.26. The number of carbonyl (C=O) groups is 1. The number of nitrogens with one attached hydrogen (secondary N) is 1. The van der Waals surface area contributed by atoms with Crippen molar-refractivity contribution < 1.29 is 23.4 Å². The minimum atomic E-state index is -0.180. The summed E-state index contributed by atoms with van der Waals surface area (Å²) in [7, 11) is 1.55. The molecule has 1 amide bonds. The van der Waals surface area contributed by atoms with Gasteiger partial charge in [-0.05, 0) is 37.3 Å². The van der Waals surface area contributed by atoms with Gasteiger partial charge in [-0.2, -0.15) is 0 Å². The van der Waals surface area contributed by atoms with E-state index in [0.717, 1.165) is 24.6 Å². The SMILES string of the molecule is C=CCOc1ccc(C(=O)NCC(c2ccc(C)o2)N2CCOCC2)cc1OC. The maximum atomic E-state index is 12.8. The van der Waals surface area contributed by atoms with E-state index in [-0.39, 0.29) is 11.9 Å².